The molecule has 0 amide bonds. The highest BCUT2D eigenvalue weighted by atomic mass is 32.3. The zero-order valence-electron chi connectivity index (χ0n) is 7.43. The van der Waals surface area contributed by atoms with Crippen molar-refractivity contribution in [3.05, 3.63) is 10.8 Å². The lowest BCUT2D eigenvalue weighted by Crippen LogP contribution is -2.05. The highest BCUT2D eigenvalue weighted by Crippen LogP contribution is 2.12. The summed E-state index contributed by atoms with van der Waals surface area (Å²) < 4.78 is 31.0. The van der Waals surface area contributed by atoms with Gasteiger partial charge in [-0.2, -0.15) is 0 Å². The van der Waals surface area contributed by atoms with Crippen LogP contribution in [0.2, 0.25) is 0 Å². The number of hydrogen-bond donors (Lipinski definition) is 0. The average molecular weight is 244 g/mol. The third-order valence-corrected chi connectivity index (χ3v) is 4.17. The molecule has 0 fully saturated rings. The molecule has 0 spiro atoms. The van der Waals surface area contributed by atoms with Crippen molar-refractivity contribution in [1.29, 1.82) is 0 Å². The number of hydrogen-bond acceptors (Lipinski definition) is 5. The van der Waals surface area contributed by atoms with Gasteiger partial charge < -0.3 is 4.55 Å². The molecule has 1 rings (SSSR count). The molecule has 78 valence electrons. The minimum atomic E-state index is -4.41. The van der Waals surface area contributed by atoms with E-state index in [0.717, 1.165) is 7.11 Å². The molecular formula is C6H12O4S3. The lowest BCUT2D eigenvalue weighted by atomic mass is 11.0. The lowest BCUT2D eigenvalue weighted by Gasteiger charge is -1.99. The first-order valence-corrected chi connectivity index (χ1v) is 7.61. The van der Waals surface area contributed by atoms with Crippen LogP contribution in [0.15, 0.2) is 10.8 Å². The number of rotatable bonds is 1. The van der Waals surface area contributed by atoms with Crippen LogP contribution in [0.3, 0.4) is 0 Å². The smallest absolute Gasteiger partial charge is 0.217 e. The van der Waals surface area contributed by atoms with Crippen LogP contribution in [0, 0.1) is 0 Å². The van der Waals surface area contributed by atoms with Crippen LogP contribution in [0.1, 0.15) is 0 Å². The molecule has 0 N–H and O–H groups in total. The van der Waals surface area contributed by atoms with Gasteiger partial charge in [-0.25, -0.2) is 8.42 Å². The minimum Gasteiger partial charge on any atom is -0.726 e. The van der Waals surface area contributed by atoms with Crippen LogP contribution in [-0.4, -0.2) is 37.8 Å². The molecule has 0 radical (unpaired) electrons. The van der Waals surface area contributed by atoms with E-state index in [1.165, 1.54) is 11.5 Å². The van der Waals surface area contributed by atoms with Crippen LogP contribution >= 0.6 is 11.8 Å². The lowest BCUT2D eigenvalue weighted by molar-refractivity contribution is 0.314. The van der Waals surface area contributed by atoms with E-state index < -0.39 is 10.4 Å². The standard InChI is InChI=1S/C5H9S2.CH4O4S/c1-7-4-2-6-3-5-7;1-5-6(2,3)4/h2,4H,3,5H2,1H3;1H3,(H,2,3,4)/q+1;/p-1. The Morgan fingerprint density at radius 2 is 2.15 bits per heavy atom. The summed E-state index contributed by atoms with van der Waals surface area (Å²) in [7, 11) is -3.00. The largest absolute Gasteiger partial charge is 0.726 e. The van der Waals surface area contributed by atoms with Crippen molar-refractivity contribution in [1.82, 2.24) is 0 Å². The zero-order chi connectivity index (χ0) is 10.3. The highest BCUT2D eigenvalue weighted by Gasteiger charge is 2.08. The van der Waals surface area contributed by atoms with E-state index in [4.69, 9.17) is 0 Å². The molecule has 1 aliphatic rings. The van der Waals surface area contributed by atoms with Crippen LogP contribution in [-0.2, 0) is 25.5 Å². The maximum absolute atomic E-state index is 9.22. The summed E-state index contributed by atoms with van der Waals surface area (Å²) in [6.07, 6.45) is 2.29. The third kappa shape index (κ3) is 10.2. The molecule has 0 aromatic rings. The quantitative estimate of drug-likeness (QED) is 0.383. The predicted octanol–water partition coefficient (Wildman–Crippen LogP) is 0.546. The van der Waals surface area contributed by atoms with E-state index in [-0.39, 0.29) is 0 Å². The van der Waals surface area contributed by atoms with Gasteiger partial charge in [-0.1, -0.05) is 0 Å². The average Bonchev–Trinajstić information content (AvgIpc) is 2.06. The molecule has 1 heterocycles. The van der Waals surface area contributed by atoms with E-state index in [9.17, 15) is 13.0 Å². The second-order valence-electron chi connectivity index (χ2n) is 2.11. The fourth-order valence-corrected chi connectivity index (χ4v) is 3.23. The predicted molar refractivity (Wildman–Crippen MR) is 56.5 cm³/mol. The maximum atomic E-state index is 9.22. The summed E-state index contributed by atoms with van der Waals surface area (Å²) in [6.45, 7) is 0. The summed E-state index contributed by atoms with van der Waals surface area (Å²) in [6, 6.07) is 0. The van der Waals surface area contributed by atoms with Gasteiger partial charge in [0.2, 0.25) is 10.4 Å². The fourth-order valence-electron chi connectivity index (χ4n) is 0.450. The Bertz CT molecular complexity index is 247. The molecule has 0 saturated heterocycles. The van der Waals surface area contributed by atoms with Crippen LogP contribution in [0.4, 0.5) is 0 Å². The van der Waals surface area contributed by atoms with Crippen molar-refractivity contribution in [2.45, 2.75) is 0 Å². The second kappa shape index (κ2) is 6.72. The van der Waals surface area contributed by atoms with E-state index >= 15 is 0 Å². The van der Waals surface area contributed by atoms with Gasteiger partial charge in [0.25, 0.3) is 0 Å². The summed E-state index contributed by atoms with van der Waals surface area (Å²) in [4.78, 5) is 0. The number of thioether (sulfide) groups is 1. The molecule has 7 heteroatoms. The zero-order valence-corrected chi connectivity index (χ0v) is 9.88. The van der Waals surface area contributed by atoms with Crippen molar-refractivity contribution in [3.63, 3.8) is 0 Å². The van der Waals surface area contributed by atoms with Gasteiger partial charge >= 0.3 is 0 Å². The van der Waals surface area contributed by atoms with E-state index in [1.807, 2.05) is 11.8 Å². The van der Waals surface area contributed by atoms with Crippen molar-refractivity contribution in [3.8, 4) is 0 Å². The Kier molecular flexibility index (Phi) is 6.88. The molecule has 0 bridgehead atoms. The van der Waals surface area contributed by atoms with Gasteiger partial charge in [0, 0.05) is 22.1 Å². The molecule has 0 saturated carbocycles. The Hall–Kier alpha value is 0.310. The molecule has 4 nitrogen and oxygen atoms in total. The third-order valence-electron chi connectivity index (χ3n) is 1.11. The first-order chi connectivity index (χ1) is 5.95. The van der Waals surface area contributed by atoms with Crippen LogP contribution in [0.25, 0.3) is 0 Å². The van der Waals surface area contributed by atoms with E-state index in [2.05, 4.69) is 21.3 Å². The molecule has 1 atom stereocenters. The van der Waals surface area contributed by atoms with Gasteiger partial charge in [0.15, 0.2) is 0 Å². The Balaban J connectivity index is 0.000000226. The first-order valence-electron chi connectivity index (χ1n) is 3.37. The molecule has 13 heavy (non-hydrogen) atoms. The van der Waals surface area contributed by atoms with Crippen molar-refractivity contribution < 1.29 is 17.2 Å². The van der Waals surface area contributed by atoms with Gasteiger partial charge in [0.05, 0.1) is 7.11 Å². The highest BCUT2D eigenvalue weighted by molar-refractivity contribution is 8.07. The summed E-state index contributed by atoms with van der Waals surface area (Å²) >= 11 is 1.93. The van der Waals surface area contributed by atoms with Gasteiger partial charge in [-0.3, -0.25) is 4.18 Å². The molecular weight excluding hydrogens is 232 g/mol. The SMILES string of the molecule is COS(=O)(=O)[O-].C[S+]1C=CSCC1. The van der Waals surface area contributed by atoms with Crippen molar-refractivity contribution in [2.24, 2.45) is 0 Å². The summed E-state index contributed by atoms with van der Waals surface area (Å²) in [5.74, 6) is 2.72. The Morgan fingerprint density at radius 3 is 2.31 bits per heavy atom. The first kappa shape index (κ1) is 13.3. The Labute approximate surface area is 86.0 Å². The van der Waals surface area contributed by atoms with E-state index in [1.54, 1.807) is 0 Å². The molecule has 1 unspecified atom stereocenters. The fraction of sp³-hybridized carbons (Fsp3) is 0.667. The van der Waals surface area contributed by atoms with Crippen molar-refractivity contribution in [2.75, 3.05) is 24.9 Å². The monoisotopic (exact) mass is 244 g/mol. The van der Waals surface area contributed by atoms with Gasteiger partial charge in [-0.15, -0.1) is 11.8 Å². The van der Waals surface area contributed by atoms with E-state index in [0.29, 0.717) is 10.9 Å². The molecule has 0 aromatic heterocycles. The van der Waals surface area contributed by atoms with Crippen LogP contribution < -0.4 is 0 Å². The Morgan fingerprint density at radius 1 is 1.62 bits per heavy atom. The van der Waals surface area contributed by atoms with Crippen LogP contribution in [0.5, 0.6) is 0 Å². The molecule has 0 aromatic carbocycles. The normalized spacial score (nSPS) is 21.9. The molecule has 0 aliphatic carbocycles. The van der Waals surface area contributed by atoms with Gasteiger partial charge in [-0.05, 0) is 0 Å². The summed E-state index contributed by atoms with van der Waals surface area (Å²) in [5.41, 5.74) is 0. The minimum absolute atomic E-state index is 0.608. The molecule has 1 aliphatic heterocycles. The van der Waals surface area contributed by atoms with Gasteiger partial charge in [0.1, 0.15) is 17.4 Å². The summed E-state index contributed by atoms with van der Waals surface area (Å²) in [5, 5.41) is 4.51. The topological polar surface area (TPSA) is 66.4 Å². The van der Waals surface area contributed by atoms with Crippen molar-refractivity contribution >= 4 is 33.1 Å². The second-order valence-corrected chi connectivity index (χ2v) is 6.34. The maximum Gasteiger partial charge on any atom is 0.217 e.